The number of amides is 1. The second kappa shape index (κ2) is 4.66. The van der Waals surface area contributed by atoms with Gasteiger partial charge < -0.3 is 9.73 Å². The molecule has 0 aromatic carbocycles. The maximum absolute atomic E-state index is 10.9. The molecule has 0 saturated heterocycles. The van der Waals surface area contributed by atoms with Gasteiger partial charge in [-0.25, -0.2) is 4.98 Å². The van der Waals surface area contributed by atoms with E-state index >= 15 is 0 Å². The summed E-state index contributed by atoms with van der Waals surface area (Å²) in [5.74, 6) is 1.02. The number of halogens is 1. The van der Waals surface area contributed by atoms with E-state index in [1.807, 2.05) is 20.8 Å². The van der Waals surface area contributed by atoms with Crippen LogP contribution in [0.1, 0.15) is 32.4 Å². The second-order valence-corrected chi connectivity index (χ2v) is 4.55. The maximum Gasteiger partial charge on any atom is 0.235 e. The molecule has 1 aromatic heterocycles. The minimum Gasteiger partial charge on any atom is -0.443 e. The summed E-state index contributed by atoms with van der Waals surface area (Å²) in [6, 6.07) is 0. The Kier molecular flexibility index (Phi) is 3.74. The average molecular weight is 231 g/mol. The van der Waals surface area contributed by atoms with Gasteiger partial charge in [-0.3, -0.25) is 4.79 Å². The molecule has 1 heterocycles. The van der Waals surface area contributed by atoms with E-state index < -0.39 is 0 Å². The number of alkyl halides is 1. The summed E-state index contributed by atoms with van der Waals surface area (Å²) in [5, 5.41) is 2.59. The van der Waals surface area contributed by atoms with Crippen LogP contribution in [0.4, 0.5) is 0 Å². The van der Waals surface area contributed by atoms with Crippen LogP contribution in [0, 0.1) is 0 Å². The molecular formula is C10H15ClN2O2. The third-order valence-electron chi connectivity index (χ3n) is 1.85. The first-order valence-corrected chi connectivity index (χ1v) is 5.25. The van der Waals surface area contributed by atoms with Crippen molar-refractivity contribution in [1.29, 1.82) is 0 Å². The van der Waals surface area contributed by atoms with Crippen LogP contribution in [0.2, 0.25) is 0 Å². The van der Waals surface area contributed by atoms with Crippen LogP contribution in [0.3, 0.4) is 0 Å². The number of oxazole rings is 1. The minimum absolute atomic E-state index is 0.0488. The highest BCUT2D eigenvalue weighted by molar-refractivity contribution is 6.27. The van der Waals surface area contributed by atoms with Crippen molar-refractivity contribution in [1.82, 2.24) is 10.3 Å². The van der Waals surface area contributed by atoms with Gasteiger partial charge in [0.15, 0.2) is 0 Å². The van der Waals surface area contributed by atoms with Gasteiger partial charge in [0.1, 0.15) is 11.6 Å². The fourth-order valence-corrected chi connectivity index (χ4v) is 1.05. The van der Waals surface area contributed by atoms with Gasteiger partial charge in [0.25, 0.3) is 0 Å². The van der Waals surface area contributed by atoms with Gasteiger partial charge in [-0.2, -0.15) is 0 Å². The number of hydrogen-bond acceptors (Lipinski definition) is 3. The summed E-state index contributed by atoms with van der Waals surface area (Å²) in [5.41, 5.74) is -0.0677. The lowest BCUT2D eigenvalue weighted by atomic mass is 9.94. The molecule has 5 heteroatoms. The zero-order valence-corrected chi connectivity index (χ0v) is 9.89. The molecule has 1 rings (SSSR count). The Labute approximate surface area is 94.0 Å². The molecule has 0 fully saturated rings. The number of rotatable bonds is 3. The summed E-state index contributed by atoms with van der Waals surface area (Å²) < 4.78 is 5.47. The monoisotopic (exact) mass is 230 g/mol. The third kappa shape index (κ3) is 3.55. The van der Waals surface area contributed by atoms with E-state index in [2.05, 4.69) is 10.3 Å². The van der Waals surface area contributed by atoms with Crippen LogP contribution >= 0.6 is 11.6 Å². The molecule has 0 spiro atoms. The highest BCUT2D eigenvalue weighted by Gasteiger charge is 2.19. The van der Waals surface area contributed by atoms with Crippen molar-refractivity contribution in [2.45, 2.75) is 32.7 Å². The van der Waals surface area contributed by atoms with Crippen LogP contribution in [0.15, 0.2) is 10.6 Å². The Bertz CT molecular complexity index is 341. The summed E-state index contributed by atoms with van der Waals surface area (Å²) in [7, 11) is 0. The van der Waals surface area contributed by atoms with Gasteiger partial charge in [-0.15, -0.1) is 11.6 Å². The Morgan fingerprint density at radius 1 is 1.60 bits per heavy atom. The van der Waals surface area contributed by atoms with E-state index in [0.717, 1.165) is 5.76 Å². The topological polar surface area (TPSA) is 55.1 Å². The standard InChI is InChI=1S/C10H15ClN2O2/c1-10(2,3)7-5-13-9(15-7)6-12-8(14)4-11/h5H,4,6H2,1-3H3,(H,12,14). The number of aromatic nitrogens is 1. The van der Waals surface area contributed by atoms with Gasteiger partial charge in [0.05, 0.1) is 12.7 Å². The molecule has 4 nitrogen and oxygen atoms in total. The molecule has 1 amide bonds. The largest absolute Gasteiger partial charge is 0.443 e. The zero-order valence-electron chi connectivity index (χ0n) is 9.13. The third-order valence-corrected chi connectivity index (χ3v) is 2.09. The molecule has 0 aliphatic rings. The lowest BCUT2D eigenvalue weighted by Gasteiger charge is -2.13. The van der Waals surface area contributed by atoms with Crippen LogP contribution in [-0.2, 0) is 16.8 Å². The molecule has 15 heavy (non-hydrogen) atoms. The van der Waals surface area contributed by atoms with E-state index in [0.29, 0.717) is 5.89 Å². The summed E-state index contributed by atoms with van der Waals surface area (Å²) >= 11 is 5.33. The quantitative estimate of drug-likeness (QED) is 0.806. The summed E-state index contributed by atoms with van der Waals surface area (Å²) in [4.78, 5) is 14.9. The van der Waals surface area contributed by atoms with Crippen molar-refractivity contribution in [3.8, 4) is 0 Å². The van der Waals surface area contributed by atoms with Crippen molar-refractivity contribution in [2.75, 3.05) is 5.88 Å². The normalized spacial score (nSPS) is 11.5. The molecule has 1 aromatic rings. The number of carbonyl (C=O) groups is 1. The van der Waals surface area contributed by atoms with E-state index in [-0.39, 0.29) is 23.7 Å². The molecule has 0 unspecified atom stereocenters. The molecule has 0 bridgehead atoms. The van der Waals surface area contributed by atoms with Gasteiger partial charge >= 0.3 is 0 Å². The second-order valence-electron chi connectivity index (χ2n) is 4.28. The highest BCUT2D eigenvalue weighted by atomic mass is 35.5. The predicted molar refractivity (Wildman–Crippen MR) is 57.8 cm³/mol. The van der Waals surface area contributed by atoms with Gasteiger partial charge in [-0.05, 0) is 0 Å². The van der Waals surface area contributed by atoms with Crippen molar-refractivity contribution >= 4 is 17.5 Å². The van der Waals surface area contributed by atoms with Gasteiger partial charge in [0, 0.05) is 5.41 Å². The van der Waals surface area contributed by atoms with Crippen molar-refractivity contribution in [3.05, 3.63) is 17.8 Å². The van der Waals surface area contributed by atoms with E-state index in [9.17, 15) is 4.79 Å². The highest BCUT2D eigenvalue weighted by Crippen LogP contribution is 2.22. The fourth-order valence-electron chi connectivity index (χ4n) is 0.960. The molecule has 1 N–H and O–H groups in total. The van der Waals surface area contributed by atoms with E-state index in [4.69, 9.17) is 16.0 Å². The molecule has 84 valence electrons. The molecule has 0 radical (unpaired) electrons. The first kappa shape index (κ1) is 12.0. The molecule has 0 saturated carbocycles. The zero-order chi connectivity index (χ0) is 11.5. The van der Waals surface area contributed by atoms with Crippen molar-refractivity contribution in [2.24, 2.45) is 0 Å². The lowest BCUT2D eigenvalue weighted by Crippen LogP contribution is -2.23. The lowest BCUT2D eigenvalue weighted by molar-refractivity contribution is -0.118. The average Bonchev–Trinajstić information content (AvgIpc) is 2.61. The Morgan fingerprint density at radius 2 is 2.27 bits per heavy atom. The Balaban J connectivity index is 2.58. The van der Waals surface area contributed by atoms with Crippen molar-refractivity contribution < 1.29 is 9.21 Å². The SMILES string of the molecule is CC(C)(C)c1cnc(CNC(=O)CCl)o1. The number of hydrogen-bond donors (Lipinski definition) is 1. The van der Waals surface area contributed by atoms with Crippen LogP contribution in [0.5, 0.6) is 0 Å². The molecule has 0 atom stereocenters. The number of nitrogens with zero attached hydrogens (tertiary/aromatic N) is 1. The van der Waals surface area contributed by atoms with Crippen LogP contribution in [-0.4, -0.2) is 16.8 Å². The maximum atomic E-state index is 10.9. The first-order chi connectivity index (χ1) is 6.93. The van der Waals surface area contributed by atoms with E-state index in [1.165, 1.54) is 0 Å². The molecular weight excluding hydrogens is 216 g/mol. The van der Waals surface area contributed by atoms with Gasteiger partial charge in [0.2, 0.25) is 11.8 Å². The minimum atomic E-state index is -0.229. The van der Waals surface area contributed by atoms with Crippen LogP contribution in [0.25, 0.3) is 0 Å². The van der Waals surface area contributed by atoms with E-state index in [1.54, 1.807) is 6.20 Å². The number of nitrogens with one attached hydrogen (secondary N) is 1. The number of carbonyl (C=O) groups excluding carboxylic acids is 1. The Morgan fingerprint density at radius 3 is 2.73 bits per heavy atom. The molecule has 0 aliphatic carbocycles. The summed E-state index contributed by atoms with van der Waals surface area (Å²) in [6.45, 7) is 6.39. The first-order valence-electron chi connectivity index (χ1n) is 4.71. The Hall–Kier alpha value is -1.03. The predicted octanol–water partition coefficient (Wildman–Crippen LogP) is 1.83. The van der Waals surface area contributed by atoms with Crippen molar-refractivity contribution in [3.63, 3.8) is 0 Å². The van der Waals surface area contributed by atoms with Crippen LogP contribution < -0.4 is 5.32 Å². The van der Waals surface area contributed by atoms with Gasteiger partial charge in [-0.1, -0.05) is 20.8 Å². The smallest absolute Gasteiger partial charge is 0.235 e. The molecule has 0 aliphatic heterocycles. The fraction of sp³-hybridized carbons (Fsp3) is 0.600. The summed E-state index contributed by atoms with van der Waals surface area (Å²) in [6.07, 6.45) is 1.68.